The average Bonchev–Trinajstić information content (AvgIpc) is 2.98. The summed E-state index contributed by atoms with van der Waals surface area (Å²) in [5, 5.41) is 39.3. The topological polar surface area (TPSA) is 283 Å². The molecule has 0 radical (unpaired) electrons. The van der Waals surface area contributed by atoms with Gasteiger partial charge in [0.05, 0.1) is 12.5 Å². The molecule has 0 heterocycles. The van der Waals surface area contributed by atoms with Gasteiger partial charge in [-0.25, -0.2) is 4.79 Å². The first-order chi connectivity index (χ1) is 21.9. The van der Waals surface area contributed by atoms with E-state index in [0.29, 0.717) is 5.56 Å². The first-order valence-corrected chi connectivity index (χ1v) is 14.9. The minimum Gasteiger partial charge on any atom is -0.481 e. The molecule has 0 aliphatic carbocycles. The van der Waals surface area contributed by atoms with Crippen molar-refractivity contribution in [2.75, 3.05) is 0 Å². The monoisotopic (exact) mass is 664 g/mol. The molecule has 0 saturated carbocycles. The number of nitrogens with two attached hydrogens (primary N) is 1. The number of carbonyl (C=O) groups is 8. The maximum absolute atomic E-state index is 13.1. The van der Waals surface area contributed by atoms with Crippen molar-refractivity contribution in [1.29, 1.82) is 0 Å². The molecule has 6 atom stereocenters. The van der Waals surface area contributed by atoms with E-state index in [9.17, 15) is 43.5 Å². The van der Waals surface area contributed by atoms with Gasteiger partial charge in [-0.1, -0.05) is 44.2 Å². The number of nitrogens with one attached hydrogen (secondary N) is 5. The van der Waals surface area contributed by atoms with Crippen molar-refractivity contribution in [3.05, 3.63) is 35.9 Å². The van der Waals surface area contributed by atoms with Crippen LogP contribution in [0.3, 0.4) is 0 Å². The highest BCUT2D eigenvalue weighted by Crippen LogP contribution is 2.08. The Morgan fingerprint density at radius 3 is 1.68 bits per heavy atom. The number of carbonyl (C=O) groups excluding carboxylic acids is 5. The van der Waals surface area contributed by atoms with E-state index in [-0.39, 0.29) is 25.7 Å². The van der Waals surface area contributed by atoms with E-state index in [2.05, 4.69) is 26.6 Å². The summed E-state index contributed by atoms with van der Waals surface area (Å²) < 4.78 is 0. The highest BCUT2D eigenvalue weighted by Gasteiger charge is 2.31. The third kappa shape index (κ3) is 14.7. The van der Waals surface area contributed by atoms with Gasteiger partial charge in [-0.15, -0.1) is 0 Å². The molecule has 0 aromatic heterocycles. The van der Waals surface area contributed by atoms with Crippen LogP contribution in [0.25, 0.3) is 0 Å². The van der Waals surface area contributed by atoms with Gasteiger partial charge in [0.15, 0.2) is 0 Å². The van der Waals surface area contributed by atoms with E-state index in [1.165, 1.54) is 13.8 Å². The van der Waals surface area contributed by atoms with Crippen molar-refractivity contribution in [1.82, 2.24) is 26.6 Å². The maximum atomic E-state index is 13.1. The number of carboxylic acids is 3. The molecular weight excluding hydrogens is 620 g/mol. The summed E-state index contributed by atoms with van der Waals surface area (Å²) in [6.45, 7) is 5.84. The Hall–Kier alpha value is -5.06. The largest absolute Gasteiger partial charge is 0.481 e. The fourth-order valence-electron chi connectivity index (χ4n) is 4.19. The predicted octanol–water partition coefficient (Wildman–Crippen LogP) is -1.51. The molecule has 1 rings (SSSR count). The second-order valence-corrected chi connectivity index (χ2v) is 11.3. The molecule has 17 heteroatoms. The quantitative estimate of drug-likeness (QED) is 0.0769. The van der Waals surface area contributed by atoms with Gasteiger partial charge in [-0.3, -0.25) is 33.6 Å². The van der Waals surface area contributed by atoms with E-state index in [1.807, 2.05) is 0 Å². The number of rotatable bonds is 20. The third-order valence-corrected chi connectivity index (χ3v) is 6.90. The summed E-state index contributed by atoms with van der Waals surface area (Å²) in [7, 11) is 0. The number of aliphatic carboxylic acids is 3. The zero-order chi connectivity index (χ0) is 35.8. The Bertz CT molecular complexity index is 1290. The summed E-state index contributed by atoms with van der Waals surface area (Å²) in [5.74, 6) is -8.41. The molecule has 0 aliphatic rings. The Balaban J connectivity index is 2.96. The van der Waals surface area contributed by atoms with E-state index in [4.69, 9.17) is 15.9 Å². The first-order valence-electron chi connectivity index (χ1n) is 14.9. The van der Waals surface area contributed by atoms with Gasteiger partial charge in [0.25, 0.3) is 0 Å². The molecule has 0 saturated heterocycles. The summed E-state index contributed by atoms with van der Waals surface area (Å²) in [5.41, 5.74) is 6.22. The van der Waals surface area contributed by atoms with Gasteiger partial charge in [0.2, 0.25) is 29.5 Å². The molecular formula is C30H44N6O11. The van der Waals surface area contributed by atoms with Crippen LogP contribution in [0.4, 0.5) is 0 Å². The Kier molecular flexibility index (Phi) is 16.5. The smallest absolute Gasteiger partial charge is 0.326 e. The fraction of sp³-hybridized carbons (Fsp3) is 0.533. The van der Waals surface area contributed by atoms with Gasteiger partial charge >= 0.3 is 17.9 Å². The van der Waals surface area contributed by atoms with Crippen LogP contribution in [0.5, 0.6) is 0 Å². The van der Waals surface area contributed by atoms with Crippen molar-refractivity contribution in [3.63, 3.8) is 0 Å². The summed E-state index contributed by atoms with van der Waals surface area (Å²) >= 11 is 0. The van der Waals surface area contributed by atoms with E-state index >= 15 is 0 Å². The lowest BCUT2D eigenvalue weighted by Crippen LogP contribution is -2.58. The van der Waals surface area contributed by atoms with Crippen LogP contribution in [0, 0.1) is 5.92 Å². The van der Waals surface area contributed by atoms with Crippen LogP contribution in [0.2, 0.25) is 0 Å². The molecule has 0 aliphatic heterocycles. The normalized spacial score (nSPS) is 14.7. The van der Waals surface area contributed by atoms with E-state index < -0.39 is 96.0 Å². The number of hydrogen-bond donors (Lipinski definition) is 9. The molecule has 0 unspecified atom stereocenters. The zero-order valence-corrected chi connectivity index (χ0v) is 26.6. The van der Waals surface area contributed by atoms with Crippen molar-refractivity contribution in [2.24, 2.45) is 11.7 Å². The molecule has 10 N–H and O–H groups in total. The summed E-state index contributed by atoms with van der Waals surface area (Å²) in [6, 6.07) is 0.891. The maximum Gasteiger partial charge on any atom is 0.326 e. The molecule has 0 bridgehead atoms. The van der Waals surface area contributed by atoms with Crippen molar-refractivity contribution in [2.45, 2.75) is 96.1 Å². The minimum atomic E-state index is -1.49. The van der Waals surface area contributed by atoms with Crippen molar-refractivity contribution < 1.29 is 53.7 Å². The van der Waals surface area contributed by atoms with Gasteiger partial charge in [-0.05, 0) is 38.2 Å². The molecule has 0 fully saturated rings. The van der Waals surface area contributed by atoms with Crippen LogP contribution in [-0.4, -0.2) is 99.0 Å². The second kappa shape index (κ2) is 19.5. The summed E-state index contributed by atoms with van der Waals surface area (Å²) in [4.78, 5) is 97.8. The van der Waals surface area contributed by atoms with E-state index in [1.54, 1.807) is 44.2 Å². The standard InChI is InChI=1S/C30H44N6O11/c1-15(2)24(30(46)47)36-29(45)21(13-18-9-6-5-7-10-18)35-26(42)17(4)32-25(41)16(3)33-28(44)20(11-8-12-22(37)38)34-27(43)19(31)14-23(39)40/h5-7,9-10,15-17,19-21,24H,8,11-14,31H2,1-4H3,(H,32,41)(H,33,44)(H,34,43)(H,35,42)(H,36,45)(H,37,38)(H,39,40)(H,46,47)/t16-,17-,19-,20-,21-,24-/m0/s1. The minimum absolute atomic E-state index is 0.0150. The van der Waals surface area contributed by atoms with Crippen molar-refractivity contribution >= 4 is 47.4 Å². The Morgan fingerprint density at radius 1 is 0.660 bits per heavy atom. The van der Waals surface area contributed by atoms with E-state index in [0.717, 1.165) is 0 Å². The summed E-state index contributed by atoms with van der Waals surface area (Å²) in [6.07, 6.45) is -1.24. The number of hydrogen-bond acceptors (Lipinski definition) is 9. The van der Waals surface area contributed by atoms with Gasteiger partial charge in [0, 0.05) is 12.8 Å². The van der Waals surface area contributed by atoms with Crippen LogP contribution in [0.1, 0.15) is 58.9 Å². The molecule has 1 aromatic carbocycles. The highest BCUT2D eigenvalue weighted by molar-refractivity contribution is 5.96. The molecule has 260 valence electrons. The van der Waals surface area contributed by atoms with Gasteiger partial charge in [-0.2, -0.15) is 0 Å². The predicted molar refractivity (Wildman–Crippen MR) is 165 cm³/mol. The van der Waals surface area contributed by atoms with Crippen molar-refractivity contribution in [3.8, 4) is 0 Å². The number of benzene rings is 1. The van der Waals surface area contributed by atoms with Gasteiger partial charge in [0.1, 0.15) is 30.2 Å². The lowest BCUT2D eigenvalue weighted by Gasteiger charge is -2.25. The van der Waals surface area contributed by atoms with Crippen LogP contribution in [0.15, 0.2) is 30.3 Å². The highest BCUT2D eigenvalue weighted by atomic mass is 16.4. The average molecular weight is 665 g/mol. The zero-order valence-electron chi connectivity index (χ0n) is 26.6. The second-order valence-electron chi connectivity index (χ2n) is 11.3. The van der Waals surface area contributed by atoms with Crippen LogP contribution < -0.4 is 32.3 Å². The molecule has 5 amide bonds. The molecule has 1 aromatic rings. The molecule has 0 spiro atoms. The fourth-order valence-corrected chi connectivity index (χ4v) is 4.19. The lowest BCUT2D eigenvalue weighted by molar-refractivity contribution is -0.143. The third-order valence-electron chi connectivity index (χ3n) is 6.90. The SMILES string of the molecule is CC(C)[C@H](NC(=O)[C@H](Cc1ccccc1)NC(=O)[C@H](C)NC(=O)[C@H](C)NC(=O)[C@H](CCCC(=O)O)NC(=O)[C@@H](N)CC(=O)O)C(=O)O. The Morgan fingerprint density at radius 2 is 1.17 bits per heavy atom. The Labute approximate surface area is 271 Å². The number of amides is 5. The molecule has 47 heavy (non-hydrogen) atoms. The number of carboxylic acid groups (broad SMARTS) is 3. The molecule has 17 nitrogen and oxygen atoms in total. The van der Waals surface area contributed by atoms with Gasteiger partial charge < -0.3 is 47.6 Å². The van der Waals surface area contributed by atoms with Crippen LogP contribution in [-0.2, 0) is 44.8 Å². The first kappa shape index (κ1) is 40.0. The lowest BCUT2D eigenvalue weighted by atomic mass is 10.0. The van der Waals surface area contributed by atoms with Crippen LogP contribution >= 0.6 is 0 Å².